The van der Waals surface area contributed by atoms with Crippen LogP contribution in [0, 0.1) is 10.8 Å². The van der Waals surface area contributed by atoms with Crippen LogP contribution in [0.5, 0.6) is 0 Å². The van der Waals surface area contributed by atoms with Crippen LogP contribution in [0.15, 0.2) is 71.6 Å². The van der Waals surface area contributed by atoms with E-state index in [2.05, 4.69) is 78.3 Å². The van der Waals surface area contributed by atoms with Gasteiger partial charge in [0.05, 0.1) is 41.9 Å². The van der Waals surface area contributed by atoms with Gasteiger partial charge in [0.1, 0.15) is 24.2 Å². The summed E-state index contributed by atoms with van der Waals surface area (Å²) < 4.78 is 1.78. The first-order valence-corrected chi connectivity index (χ1v) is 28.7. The molecule has 0 bridgehead atoms. The van der Waals surface area contributed by atoms with E-state index in [0.717, 1.165) is 80.2 Å². The topological polar surface area (TPSA) is 227 Å². The third-order valence-electron chi connectivity index (χ3n) is 16.6. The van der Waals surface area contributed by atoms with Gasteiger partial charge in [-0.15, -0.1) is 5.10 Å². The predicted octanol–water partition coefficient (Wildman–Crippen LogP) is 5.59. The minimum absolute atomic E-state index is 0.170. The monoisotopic (exact) mass is 1090 g/mol. The molecule has 430 valence electrons. The molecule has 6 N–H and O–H groups in total. The molecule has 2 saturated heterocycles. The Bertz CT molecular complexity index is 2690. The molecule has 2 aliphatic heterocycles. The number of amides is 6. The number of likely N-dealkylation sites (tertiary alicyclic amines) is 2. The van der Waals surface area contributed by atoms with Crippen molar-refractivity contribution in [3.63, 3.8) is 0 Å². The fourth-order valence-electron chi connectivity index (χ4n) is 11.6. The standard InChI is InChI=1S/C60H89N13O6/c1-37(33-72(63-12)43-31-49(55(76)64-47-29-19-24-40-22-14-17-27-45(40)47)70(35-43)57(78)51(59(4,5)6)66-53(74)38(2)61-10)21-13-16-26-42-34-73(69-68-42)44-32-50(56(77)65-48-30-20-25-41-23-15-18-28-46(41)48)71(36-44)58(79)52(60(7,8)9)67-54(75)39(3)62-11/h14-15,17-18,22-23,27-28,33-34,38-39,43-44,47-52,61-62H,12-13,16,19-21,24-26,29-32,35-36H2,1-11H3,(H,64,76)(H,65,77)(H,66,74)(H,67,75)/b37-33+/t38-,39-,43-,44-,47+,48+,49-,50-,51+,52+/m0/s1. The van der Waals surface area contributed by atoms with Crippen LogP contribution < -0.4 is 31.9 Å². The summed E-state index contributed by atoms with van der Waals surface area (Å²) in [6, 6.07) is 10.9. The van der Waals surface area contributed by atoms with Crippen LogP contribution in [0.4, 0.5) is 0 Å². The number of aromatic nitrogens is 3. The maximum absolute atomic E-state index is 14.8. The minimum Gasteiger partial charge on any atom is -0.347 e. The summed E-state index contributed by atoms with van der Waals surface area (Å²) in [5, 5.41) is 33.8. The molecule has 1 aromatic heterocycles. The first kappa shape index (κ1) is 60.2. The van der Waals surface area contributed by atoms with Gasteiger partial charge < -0.3 is 41.7 Å². The first-order chi connectivity index (χ1) is 37.5. The molecule has 6 amide bonds. The van der Waals surface area contributed by atoms with Crippen LogP contribution in [0.25, 0.3) is 0 Å². The Morgan fingerprint density at radius 1 is 0.734 bits per heavy atom. The number of fused-ring (bicyclic) bond motifs is 2. The molecule has 2 fully saturated rings. The smallest absolute Gasteiger partial charge is 0.246 e. The molecule has 19 nitrogen and oxygen atoms in total. The number of rotatable bonds is 21. The quantitative estimate of drug-likeness (QED) is 0.0438. The number of nitrogens with zero attached hydrogens (tertiary/aromatic N) is 7. The molecule has 10 atom stereocenters. The van der Waals surface area contributed by atoms with Crippen molar-refractivity contribution in [3.8, 4) is 0 Å². The van der Waals surface area contributed by atoms with Crippen LogP contribution in [0.2, 0.25) is 0 Å². The fraction of sp³-hybridized carbons (Fsp3) is 0.617. The van der Waals surface area contributed by atoms with Crippen LogP contribution in [0.1, 0.15) is 166 Å². The van der Waals surface area contributed by atoms with Gasteiger partial charge in [0.25, 0.3) is 0 Å². The Morgan fingerprint density at radius 3 is 1.72 bits per heavy atom. The zero-order valence-corrected chi connectivity index (χ0v) is 48.7. The fourth-order valence-corrected chi connectivity index (χ4v) is 11.6. The Kier molecular flexibility index (Phi) is 20.0. The molecule has 2 aromatic carbocycles. The molecule has 2 aliphatic carbocycles. The number of nitrogens with one attached hydrogen (secondary N) is 6. The summed E-state index contributed by atoms with van der Waals surface area (Å²) >= 11 is 0. The van der Waals surface area contributed by atoms with Gasteiger partial charge in [-0.1, -0.05) is 101 Å². The molecule has 0 radical (unpaired) electrons. The lowest BCUT2D eigenvalue weighted by molar-refractivity contribution is -0.144. The maximum atomic E-state index is 14.8. The summed E-state index contributed by atoms with van der Waals surface area (Å²) in [5.74, 6) is -1.70. The Morgan fingerprint density at radius 2 is 1.23 bits per heavy atom. The molecule has 79 heavy (non-hydrogen) atoms. The van der Waals surface area contributed by atoms with Crippen molar-refractivity contribution in [2.75, 3.05) is 27.2 Å². The second kappa shape index (κ2) is 26.2. The number of aryl methyl sites for hydroxylation is 3. The van der Waals surface area contributed by atoms with Gasteiger partial charge in [0.15, 0.2) is 0 Å². The van der Waals surface area contributed by atoms with Gasteiger partial charge in [0.2, 0.25) is 35.4 Å². The highest BCUT2D eigenvalue weighted by Gasteiger charge is 2.48. The number of allylic oxidation sites excluding steroid dienone is 1. The van der Waals surface area contributed by atoms with Gasteiger partial charge in [0, 0.05) is 45.0 Å². The maximum Gasteiger partial charge on any atom is 0.246 e. The number of hydrogen-bond donors (Lipinski definition) is 6. The second-order valence-corrected chi connectivity index (χ2v) is 24.6. The summed E-state index contributed by atoms with van der Waals surface area (Å²) in [6.45, 7) is 21.3. The number of unbranched alkanes of at least 4 members (excludes halogenated alkanes) is 1. The summed E-state index contributed by atoms with van der Waals surface area (Å²) in [4.78, 5) is 88.2. The highest BCUT2D eigenvalue weighted by molar-refractivity contribution is 5.95. The lowest BCUT2D eigenvalue weighted by Gasteiger charge is -2.36. The average Bonchev–Trinajstić information content (AvgIpc) is 4.28. The van der Waals surface area contributed by atoms with E-state index >= 15 is 0 Å². The van der Waals surface area contributed by atoms with Crippen molar-refractivity contribution in [1.82, 2.24) is 61.7 Å². The van der Waals surface area contributed by atoms with Gasteiger partial charge in [-0.05, 0) is 132 Å². The Hall–Kier alpha value is -6.47. The van der Waals surface area contributed by atoms with Gasteiger partial charge in [-0.3, -0.25) is 33.8 Å². The lowest BCUT2D eigenvalue weighted by Crippen LogP contribution is -2.59. The molecule has 0 saturated carbocycles. The number of hydrazone groups is 1. The molecule has 0 spiro atoms. The van der Waals surface area contributed by atoms with E-state index in [9.17, 15) is 28.8 Å². The second-order valence-electron chi connectivity index (χ2n) is 24.6. The third-order valence-corrected chi connectivity index (χ3v) is 16.6. The normalized spacial score (nSPS) is 22.8. The van der Waals surface area contributed by atoms with Gasteiger partial charge in [-0.2, -0.15) is 5.10 Å². The molecule has 3 heterocycles. The van der Waals surface area contributed by atoms with Crippen molar-refractivity contribution in [2.45, 2.75) is 200 Å². The number of hydrogen-bond acceptors (Lipinski definition) is 12. The van der Waals surface area contributed by atoms with E-state index in [1.165, 1.54) is 11.1 Å². The highest BCUT2D eigenvalue weighted by atomic mass is 16.2. The number of benzene rings is 2. The Labute approximate surface area is 468 Å². The van der Waals surface area contributed by atoms with E-state index in [4.69, 9.17) is 0 Å². The number of likely N-dealkylation sites (N-methyl/N-ethyl adjacent to an activating group) is 2. The van der Waals surface area contributed by atoms with Crippen molar-refractivity contribution < 1.29 is 28.8 Å². The summed E-state index contributed by atoms with van der Waals surface area (Å²) in [6.07, 6.45) is 12.9. The van der Waals surface area contributed by atoms with Gasteiger partial charge >= 0.3 is 0 Å². The molecule has 4 aliphatic rings. The van der Waals surface area contributed by atoms with E-state index in [0.29, 0.717) is 19.3 Å². The van der Waals surface area contributed by atoms with Crippen molar-refractivity contribution in [3.05, 3.63) is 94.4 Å². The van der Waals surface area contributed by atoms with E-state index in [-0.39, 0.29) is 72.7 Å². The molecule has 0 unspecified atom stereocenters. The number of carbonyl (C=O) groups excluding carboxylic acids is 6. The van der Waals surface area contributed by atoms with Crippen LogP contribution in [-0.4, -0.2) is 141 Å². The molecular weight excluding hydrogens is 999 g/mol. The van der Waals surface area contributed by atoms with E-state index in [1.807, 2.05) is 85.1 Å². The first-order valence-electron chi connectivity index (χ1n) is 28.7. The van der Waals surface area contributed by atoms with Crippen molar-refractivity contribution in [2.24, 2.45) is 15.9 Å². The highest BCUT2D eigenvalue weighted by Crippen LogP contribution is 2.36. The molecule has 3 aromatic rings. The minimum atomic E-state index is -0.894. The van der Waals surface area contributed by atoms with Crippen LogP contribution >= 0.6 is 0 Å². The summed E-state index contributed by atoms with van der Waals surface area (Å²) in [5.41, 5.74) is 5.18. The molecule has 19 heteroatoms. The largest absolute Gasteiger partial charge is 0.347 e. The van der Waals surface area contributed by atoms with E-state index in [1.54, 1.807) is 47.4 Å². The zero-order valence-electron chi connectivity index (χ0n) is 48.7. The average molecular weight is 1090 g/mol. The SMILES string of the molecule is C=NN(/C=C(\C)CCCCc1cn([C@H]2C[C@@H](C(=O)N[C@@H]3CCCc4ccccc43)N(C(=O)[C@@H](NC(=O)[C@H](C)NC)C(C)(C)C)C2)nn1)[C@H]1C[C@@H](C(=O)N[C@@H]2CCCc3ccccc32)N(C(=O)[C@@H](NC(=O)[C@H](C)NC)C(C)(C)C)C1. The van der Waals surface area contributed by atoms with Crippen molar-refractivity contribution in [1.29, 1.82) is 0 Å². The lowest BCUT2D eigenvalue weighted by atomic mass is 9.85. The molecular formula is C60H89N13O6. The third kappa shape index (κ3) is 14.7. The predicted molar refractivity (Wildman–Crippen MR) is 306 cm³/mol. The van der Waals surface area contributed by atoms with Crippen LogP contribution in [-0.2, 0) is 48.0 Å². The van der Waals surface area contributed by atoms with E-state index < -0.39 is 47.1 Å². The number of carbonyl (C=O) groups is 6. The molecule has 7 rings (SSSR count). The Balaban J connectivity index is 1.01. The van der Waals surface area contributed by atoms with Crippen molar-refractivity contribution >= 4 is 42.2 Å². The van der Waals surface area contributed by atoms with Crippen LogP contribution in [0.3, 0.4) is 0 Å². The summed E-state index contributed by atoms with van der Waals surface area (Å²) in [7, 11) is 3.39. The van der Waals surface area contributed by atoms with Gasteiger partial charge in [-0.25, -0.2) is 4.68 Å². The zero-order chi connectivity index (χ0) is 57.3.